The molecule has 132 valence electrons. The minimum Gasteiger partial charge on any atom is -0.383 e. The number of benzene rings is 2. The highest BCUT2D eigenvalue weighted by Gasteiger charge is 2.38. The summed E-state index contributed by atoms with van der Waals surface area (Å²) in [6.07, 6.45) is -9.94. The van der Waals surface area contributed by atoms with Gasteiger partial charge in [0.05, 0.1) is 11.3 Å². The van der Waals surface area contributed by atoms with Crippen molar-refractivity contribution in [1.29, 1.82) is 0 Å². The number of hydrogen-bond acceptors (Lipinski definition) is 1. The zero-order valence-corrected chi connectivity index (χ0v) is 12.4. The Hall–Kier alpha value is -2.84. The van der Waals surface area contributed by atoms with Gasteiger partial charge in [0, 0.05) is 5.56 Å². The number of aliphatic imine (C=N–C) groups is 2. The number of nitrogens with zero attached hydrogens (tertiary/aromatic N) is 2. The van der Waals surface area contributed by atoms with Crippen molar-refractivity contribution in [2.75, 3.05) is 0 Å². The fourth-order valence-corrected chi connectivity index (χ4v) is 1.86. The molecule has 2 N–H and O–H groups in total. The van der Waals surface area contributed by atoms with Crippen LogP contribution in [0.1, 0.15) is 11.1 Å². The quantitative estimate of drug-likeness (QED) is 0.472. The van der Waals surface area contributed by atoms with Crippen LogP contribution in [0.4, 0.5) is 32.0 Å². The van der Waals surface area contributed by atoms with Crippen molar-refractivity contribution in [2.24, 2.45) is 15.7 Å². The van der Waals surface area contributed by atoms with E-state index in [0.717, 1.165) is 18.2 Å². The van der Waals surface area contributed by atoms with E-state index in [1.807, 2.05) is 0 Å². The van der Waals surface area contributed by atoms with Gasteiger partial charge in [0.15, 0.2) is 0 Å². The predicted molar refractivity (Wildman–Crippen MR) is 81.8 cm³/mol. The summed E-state index contributed by atoms with van der Waals surface area (Å²) in [5, 5.41) is 0. The Labute approximate surface area is 138 Å². The normalized spacial score (nSPS) is 13.8. The van der Waals surface area contributed by atoms with Crippen LogP contribution in [0.15, 0.2) is 64.6 Å². The number of halogens is 6. The molecule has 0 aromatic heterocycles. The number of amidine groups is 2. The highest BCUT2D eigenvalue weighted by atomic mass is 19.4. The van der Waals surface area contributed by atoms with Crippen LogP contribution in [0.3, 0.4) is 0 Å². The van der Waals surface area contributed by atoms with Gasteiger partial charge in [-0.3, -0.25) is 0 Å². The van der Waals surface area contributed by atoms with Gasteiger partial charge in [0.25, 0.3) is 0 Å². The van der Waals surface area contributed by atoms with Crippen molar-refractivity contribution in [3.05, 3.63) is 65.7 Å². The van der Waals surface area contributed by atoms with Gasteiger partial charge in [0.2, 0.25) is 5.84 Å². The molecule has 2 rings (SSSR count). The van der Waals surface area contributed by atoms with Gasteiger partial charge in [-0.05, 0) is 12.1 Å². The van der Waals surface area contributed by atoms with Gasteiger partial charge in [-0.1, -0.05) is 42.5 Å². The van der Waals surface area contributed by atoms with E-state index in [1.54, 1.807) is 6.07 Å². The molecule has 0 radical (unpaired) electrons. The number of nitrogens with two attached hydrogens (primary N) is 1. The minimum atomic E-state index is -5.09. The van der Waals surface area contributed by atoms with Crippen LogP contribution in [0.25, 0.3) is 0 Å². The Bertz CT molecular complexity index is 792. The smallest absolute Gasteiger partial charge is 0.383 e. The Morgan fingerprint density at radius 2 is 1.36 bits per heavy atom. The number of alkyl halides is 6. The molecule has 0 aliphatic carbocycles. The summed E-state index contributed by atoms with van der Waals surface area (Å²) in [7, 11) is 0. The first kappa shape index (κ1) is 18.5. The molecule has 0 heterocycles. The molecule has 2 aromatic rings. The second-order valence-electron chi connectivity index (χ2n) is 4.81. The maximum absolute atomic E-state index is 13.1. The van der Waals surface area contributed by atoms with Gasteiger partial charge in [-0.25, -0.2) is 9.98 Å². The van der Waals surface area contributed by atoms with E-state index in [-0.39, 0.29) is 5.56 Å². The van der Waals surface area contributed by atoms with Crippen molar-refractivity contribution >= 4 is 17.4 Å². The third-order valence-corrected chi connectivity index (χ3v) is 2.99. The molecule has 0 fully saturated rings. The van der Waals surface area contributed by atoms with E-state index in [4.69, 9.17) is 5.73 Å². The first-order valence-corrected chi connectivity index (χ1v) is 6.81. The molecule has 25 heavy (non-hydrogen) atoms. The lowest BCUT2D eigenvalue weighted by molar-refractivity contribution is -0.137. The summed E-state index contributed by atoms with van der Waals surface area (Å²) in [6.45, 7) is 0. The first-order chi connectivity index (χ1) is 11.6. The van der Waals surface area contributed by atoms with Crippen LogP contribution in [0, 0.1) is 0 Å². The van der Waals surface area contributed by atoms with Crippen LogP contribution in [-0.2, 0) is 6.18 Å². The largest absolute Gasteiger partial charge is 0.451 e. The molecule has 0 amide bonds. The van der Waals surface area contributed by atoms with E-state index in [9.17, 15) is 26.3 Å². The van der Waals surface area contributed by atoms with Gasteiger partial charge < -0.3 is 5.73 Å². The third kappa shape index (κ3) is 4.82. The lowest BCUT2D eigenvalue weighted by Gasteiger charge is -2.12. The average molecular weight is 359 g/mol. The molecule has 0 atom stereocenters. The lowest BCUT2D eigenvalue weighted by atomic mass is 10.2. The number of para-hydroxylation sites is 1. The van der Waals surface area contributed by atoms with Gasteiger partial charge in [0.1, 0.15) is 5.84 Å². The molecule has 9 heteroatoms. The topological polar surface area (TPSA) is 50.7 Å². The first-order valence-electron chi connectivity index (χ1n) is 6.81. The van der Waals surface area contributed by atoms with E-state index in [0.29, 0.717) is 6.07 Å². The molecule has 0 spiro atoms. The third-order valence-electron chi connectivity index (χ3n) is 2.99. The fraction of sp³-hybridized carbons (Fsp3) is 0.125. The maximum atomic E-state index is 13.1. The molecule has 3 nitrogen and oxygen atoms in total. The summed E-state index contributed by atoms with van der Waals surface area (Å²) in [5.74, 6) is -2.29. The molecule has 0 aliphatic heterocycles. The van der Waals surface area contributed by atoms with Crippen molar-refractivity contribution in [2.45, 2.75) is 12.4 Å². The number of rotatable bonds is 2. The second-order valence-corrected chi connectivity index (χ2v) is 4.81. The van der Waals surface area contributed by atoms with Crippen LogP contribution in [0.5, 0.6) is 0 Å². The zero-order chi connectivity index (χ0) is 18.7. The molecule has 0 aliphatic rings. The molecule has 2 aromatic carbocycles. The molecular formula is C16H11F6N3. The number of hydrogen-bond donors (Lipinski definition) is 1. The summed E-state index contributed by atoms with van der Waals surface area (Å²) < 4.78 is 78.1. The minimum absolute atomic E-state index is 0.184. The van der Waals surface area contributed by atoms with Crippen LogP contribution in [-0.4, -0.2) is 17.8 Å². The van der Waals surface area contributed by atoms with Crippen LogP contribution >= 0.6 is 0 Å². The monoisotopic (exact) mass is 359 g/mol. The predicted octanol–water partition coefficient (Wildman–Crippen LogP) is 4.70. The molecule has 0 saturated heterocycles. The summed E-state index contributed by atoms with van der Waals surface area (Å²) in [4.78, 5) is 6.25. The molecule has 0 unspecified atom stereocenters. The Morgan fingerprint density at radius 3 is 1.92 bits per heavy atom. The van der Waals surface area contributed by atoms with E-state index in [1.165, 1.54) is 24.3 Å². The molecule has 0 bridgehead atoms. The van der Waals surface area contributed by atoms with Crippen molar-refractivity contribution < 1.29 is 26.3 Å². The van der Waals surface area contributed by atoms with Gasteiger partial charge in [-0.15, -0.1) is 0 Å². The maximum Gasteiger partial charge on any atom is 0.451 e. The van der Waals surface area contributed by atoms with E-state index < -0.39 is 35.3 Å². The fourth-order valence-electron chi connectivity index (χ4n) is 1.86. The standard InChI is InChI=1S/C16H11F6N3/c17-15(18,19)11-8-4-5-9-12(11)24-14(16(20,21)22)25-13(23)10-6-2-1-3-7-10/h1-9H,(H2,23,24,25). The van der Waals surface area contributed by atoms with Crippen molar-refractivity contribution in [3.63, 3.8) is 0 Å². The van der Waals surface area contributed by atoms with Crippen molar-refractivity contribution in [3.8, 4) is 0 Å². The zero-order valence-electron chi connectivity index (χ0n) is 12.4. The van der Waals surface area contributed by atoms with E-state index >= 15 is 0 Å². The summed E-state index contributed by atoms with van der Waals surface area (Å²) >= 11 is 0. The van der Waals surface area contributed by atoms with Crippen LogP contribution < -0.4 is 5.73 Å². The SMILES string of the molecule is NC(=NC(=Nc1ccccc1C(F)(F)F)C(F)(F)F)c1ccccc1. The second kappa shape index (κ2) is 6.96. The van der Waals surface area contributed by atoms with E-state index in [2.05, 4.69) is 9.98 Å². The Morgan fingerprint density at radius 1 is 0.800 bits per heavy atom. The average Bonchev–Trinajstić information content (AvgIpc) is 2.53. The molecular weight excluding hydrogens is 348 g/mol. The Balaban J connectivity index is 2.56. The summed E-state index contributed by atoms with van der Waals surface area (Å²) in [6, 6.07) is 11.2. The Kier molecular flexibility index (Phi) is 5.15. The van der Waals surface area contributed by atoms with Crippen LogP contribution in [0.2, 0.25) is 0 Å². The summed E-state index contributed by atoms with van der Waals surface area (Å²) in [5.41, 5.74) is 3.50. The highest BCUT2D eigenvalue weighted by molar-refractivity contribution is 6.07. The van der Waals surface area contributed by atoms with Gasteiger partial charge in [-0.2, -0.15) is 26.3 Å². The highest BCUT2D eigenvalue weighted by Crippen LogP contribution is 2.37. The van der Waals surface area contributed by atoms with Crippen molar-refractivity contribution in [1.82, 2.24) is 0 Å². The van der Waals surface area contributed by atoms with Gasteiger partial charge >= 0.3 is 12.4 Å². The lowest BCUT2D eigenvalue weighted by Crippen LogP contribution is -2.25. The molecule has 0 saturated carbocycles.